The third kappa shape index (κ3) is 1.44. The summed E-state index contributed by atoms with van der Waals surface area (Å²) in [6.45, 7) is 0.326. The highest BCUT2D eigenvalue weighted by Gasteiger charge is 2.42. The minimum Gasteiger partial charge on any atom is -0.396 e. The summed E-state index contributed by atoms with van der Waals surface area (Å²) in [7, 11) is 0. The molecule has 0 atom stereocenters. The first-order valence-electron chi connectivity index (χ1n) is 3.84. The number of rotatable bonds is 3. The summed E-state index contributed by atoms with van der Waals surface area (Å²) in [5, 5.41) is 12.2. The van der Waals surface area contributed by atoms with E-state index in [9.17, 15) is 0 Å². The van der Waals surface area contributed by atoms with Gasteiger partial charge in [0.1, 0.15) is 0 Å². The van der Waals surface area contributed by atoms with Gasteiger partial charge in [0, 0.05) is 24.6 Å². The van der Waals surface area contributed by atoms with Gasteiger partial charge in [-0.15, -0.1) is 11.3 Å². The zero-order valence-electron chi connectivity index (χ0n) is 6.29. The van der Waals surface area contributed by atoms with Gasteiger partial charge in [0.15, 0.2) is 0 Å². The standard InChI is InChI=1S/C8H11NOS/c10-6-8(1-2-8)5-7-9-3-4-11-7/h3-4,10H,1-2,5-6H2. The maximum atomic E-state index is 9.03. The molecule has 1 aliphatic rings. The van der Waals surface area contributed by atoms with Crippen molar-refractivity contribution in [3.63, 3.8) is 0 Å². The van der Waals surface area contributed by atoms with E-state index < -0.39 is 0 Å². The second kappa shape index (κ2) is 2.57. The Labute approximate surface area is 69.9 Å². The van der Waals surface area contributed by atoms with Crippen LogP contribution in [0.15, 0.2) is 11.6 Å². The lowest BCUT2D eigenvalue weighted by Gasteiger charge is -2.07. The largest absolute Gasteiger partial charge is 0.396 e. The zero-order chi connectivity index (χ0) is 7.73. The van der Waals surface area contributed by atoms with Crippen LogP contribution < -0.4 is 0 Å². The van der Waals surface area contributed by atoms with Crippen molar-refractivity contribution in [2.24, 2.45) is 5.41 Å². The number of hydrogen-bond acceptors (Lipinski definition) is 3. The molecule has 1 N–H and O–H groups in total. The molecule has 0 saturated heterocycles. The predicted molar refractivity (Wildman–Crippen MR) is 44.6 cm³/mol. The van der Waals surface area contributed by atoms with E-state index >= 15 is 0 Å². The smallest absolute Gasteiger partial charge is 0.0931 e. The van der Waals surface area contributed by atoms with Gasteiger partial charge in [-0.2, -0.15) is 0 Å². The third-order valence-electron chi connectivity index (χ3n) is 2.30. The van der Waals surface area contributed by atoms with Gasteiger partial charge in [-0.3, -0.25) is 0 Å². The van der Waals surface area contributed by atoms with Crippen LogP contribution in [-0.4, -0.2) is 16.7 Å². The molecule has 1 aliphatic carbocycles. The van der Waals surface area contributed by atoms with Gasteiger partial charge in [-0.05, 0) is 18.3 Å². The fraction of sp³-hybridized carbons (Fsp3) is 0.625. The van der Waals surface area contributed by atoms with Gasteiger partial charge in [-0.1, -0.05) is 0 Å². The van der Waals surface area contributed by atoms with E-state index in [0.29, 0.717) is 6.61 Å². The van der Waals surface area contributed by atoms with Crippen molar-refractivity contribution in [1.82, 2.24) is 4.98 Å². The number of aliphatic hydroxyl groups is 1. The summed E-state index contributed by atoms with van der Waals surface area (Å²) in [4.78, 5) is 4.20. The Morgan fingerprint density at radius 2 is 2.45 bits per heavy atom. The third-order valence-corrected chi connectivity index (χ3v) is 3.08. The number of hydrogen-bond donors (Lipinski definition) is 1. The Hall–Kier alpha value is -0.410. The Morgan fingerprint density at radius 1 is 1.64 bits per heavy atom. The summed E-state index contributed by atoms with van der Waals surface area (Å²) in [6.07, 6.45) is 5.14. The molecule has 1 fully saturated rings. The molecule has 0 radical (unpaired) electrons. The van der Waals surface area contributed by atoms with Crippen LogP contribution in [0.25, 0.3) is 0 Å². The molecule has 0 bridgehead atoms. The van der Waals surface area contributed by atoms with Crippen LogP contribution in [0.5, 0.6) is 0 Å². The number of thiazole rings is 1. The molecule has 0 unspecified atom stereocenters. The highest BCUT2D eigenvalue weighted by atomic mass is 32.1. The molecule has 1 aromatic heterocycles. The van der Waals surface area contributed by atoms with E-state index in [1.807, 2.05) is 11.6 Å². The van der Waals surface area contributed by atoms with Crippen molar-refractivity contribution < 1.29 is 5.11 Å². The fourth-order valence-corrected chi connectivity index (χ4v) is 2.02. The fourth-order valence-electron chi connectivity index (χ4n) is 1.23. The lowest BCUT2D eigenvalue weighted by molar-refractivity contribution is 0.211. The van der Waals surface area contributed by atoms with Crippen LogP contribution in [0.2, 0.25) is 0 Å². The van der Waals surface area contributed by atoms with Crippen LogP contribution in [0.3, 0.4) is 0 Å². The van der Waals surface area contributed by atoms with Gasteiger partial charge in [-0.25, -0.2) is 4.98 Å². The minimum atomic E-state index is 0.220. The van der Waals surface area contributed by atoms with E-state index in [-0.39, 0.29) is 5.41 Å². The summed E-state index contributed by atoms with van der Waals surface area (Å²) in [5.74, 6) is 0. The Kier molecular flexibility index (Phi) is 1.69. The number of nitrogens with zero attached hydrogens (tertiary/aromatic N) is 1. The van der Waals surface area contributed by atoms with Gasteiger partial charge < -0.3 is 5.11 Å². The summed E-state index contributed by atoms with van der Waals surface area (Å²) in [5.41, 5.74) is 0.220. The van der Waals surface area contributed by atoms with Crippen molar-refractivity contribution in [2.75, 3.05) is 6.61 Å². The zero-order valence-corrected chi connectivity index (χ0v) is 7.10. The van der Waals surface area contributed by atoms with E-state index in [4.69, 9.17) is 5.11 Å². The van der Waals surface area contributed by atoms with Crippen LogP contribution in [0.4, 0.5) is 0 Å². The van der Waals surface area contributed by atoms with E-state index in [0.717, 1.165) is 11.4 Å². The lowest BCUT2D eigenvalue weighted by Crippen LogP contribution is -2.09. The maximum Gasteiger partial charge on any atom is 0.0931 e. The molecule has 1 saturated carbocycles. The van der Waals surface area contributed by atoms with Crippen LogP contribution in [-0.2, 0) is 6.42 Å². The second-order valence-electron chi connectivity index (χ2n) is 3.26. The first kappa shape index (κ1) is 7.25. The number of aromatic nitrogens is 1. The van der Waals surface area contributed by atoms with Gasteiger partial charge in [0.05, 0.1) is 5.01 Å². The molecule has 60 valence electrons. The van der Waals surface area contributed by atoms with Crippen molar-refractivity contribution in [3.8, 4) is 0 Å². The summed E-state index contributed by atoms with van der Waals surface area (Å²) < 4.78 is 0. The van der Waals surface area contributed by atoms with Crippen molar-refractivity contribution >= 4 is 11.3 Å². The maximum absolute atomic E-state index is 9.03. The Morgan fingerprint density at radius 3 is 2.91 bits per heavy atom. The van der Waals surface area contributed by atoms with Gasteiger partial charge in [0.25, 0.3) is 0 Å². The molecule has 1 aromatic rings. The van der Waals surface area contributed by atoms with Crippen molar-refractivity contribution in [1.29, 1.82) is 0 Å². The summed E-state index contributed by atoms with van der Waals surface area (Å²) in [6, 6.07) is 0. The SMILES string of the molecule is OCC1(Cc2nccs2)CC1. The molecule has 1 heterocycles. The van der Waals surface area contributed by atoms with Crippen molar-refractivity contribution in [2.45, 2.75) is 19.3 Å². The Balaban J connectivity index is 2.01. The molecule has 0 spiro atoms. The first-order chi connectivity index (χ1) is 5.35. The van der Waals surface area contributed by atoms with Crippen LogP contribution in [0.1, 0.15) is 17.8 Å². The van der Waals surface area contributed by atoms with Crippen molar-refractivity contribution in [3.05, 3.63) is 16.6 Å². The lowest BCUT2D eigenvalue weighted by atomic mass is 10.1. The normalized spacial score (nSPS) is 20.1. The molecule has 11 heavy (non-hydrogen) atoms. The van der Waals surface area contributed by atoms with Crippen LogP contribution >= 0.6 is 11.3 Å². The van der Waals surface area contributed by atoms with E-state index in [1.165, 1.54) is 12.8 Å². The monoisotopic (exact) mass is 169 g/mol. The molecule has 0 amide bonds. The highest BCUT2D eigenvalue weighted by molar-refractivity contribution is 7.09. The van der Waals surface area contributed by atoms with Crippen LogP contribution in [0, 0.1) is 5.41 Å². The molecule has 3 heteroatoms. The molecule has 0 aliphatic heterocycles. The topological polar surface area (TPSA) is 33.1 Å². The molecule has 0 aromatic carbocycles. The van der Waals surface area contributed by atoms with Gasteiger partial charge >= 0.3 is 0 Å². The average Bonchev–Trinajstić information content (AvgIpc) is 2.59. The second-order valence-corrected chi connectivity index (χ2v) is 4.24. The number of aliphatic hydroxyl groups excluding tert-OH is 1. The first-order valence-corrected chi connectivity index (χ1v) is 4.72. The van der Waals surface area contributed by atoms with E-state index in [1.54, 1.807) is 11.3 Å². The molecule has 2 nitrogen and oxygen atoms in total. The quantitative estimate of drug-likeness (QED) is 0.743. The average molecular weight is 169 g/mol. The molecular weight excluding hydrogens is 158 g/mol. The Bertz CT molecular complexity index is 228. The minimum absolute atomic E-state index is 0.220. The predicted octanol–water partition coefficient (Wildman–Crippen LogP) is 1.46. The highest BCUT2D eigenvalue weighted by Crippen LogP contribution is 2.47. The molecular formula is C8H11NOS. The summed E-state index contributed by atoms with van der Waals surface area (Å²) >= 11 is 1.68. The van der Waals surface area contributed by atoms with E-state index in [2.05, 4.69) is 4.98 Å². The molecule has 2 rings (SSSR count). The van der Waals surface area contributed by atoms with Gasteiger partial charge in [0.2, 0.25) is 0 Å².